The van der Waals surface area contributed by atoms with Gasteiger partial charge in [0.2, 0.25) is 0 Å². The maximum absolute atomic E-state index is 11.4. The maximum atomic E-state index is 11.4. The maximum Gasteiger partial charge on any atom is 0.337 e. The number of hydrogen-bond donors (Lipinski definition) is 0. The Bertz CT molecular complexity index is 726. The lowest BCUT2D eigenvalue weighted by Gasteiger charge is -2.13. The van der Waals surface area contributed by atoms with E-state index < -0.39 is 0 Å². The smallest absolute Gasteiger partial charge is 0.337 e. The third-order valence-corrected chi connectivity index (χ3v) is 3.81. The fraction of sp³-hybridized carbons (Fsp3) is 0.263. The average Bonchev–Trinajstić information content (AvgIpc) is 2.61. The van der Waals surface area contributed by atoms with Crippen molar-refractivity contribution in [2.75, 3.05) is 7.11 Å². The number of esters is 1. The molecular formula is C19H20ClNO3. The van der Waals surface area contributed by atoms with Gasteiger partial charge in [-0.25, -0.2) is 4.79 Å². The summed E-state index contributed by atoms with van der Waals surface area (Å²) in [5, 5.41) is 0.556. The Morgan fingerprint density at radius 1 is 1.25 bits per heavy atom. The zero-order valence-corrected chi connectivity index (χ0v) is 14.7. The number of nitrogens with zero attached hydrogens (tertiary/aromatic N) is 1. The molecule has 0 fully saturated rings. The van der Waals surface area contributed by atoms with E-state index in [0.717, 1.165) is 17.7 Å². The van der Waals surface area contributed by atoms with E-state index in [0.29, 0.717) is 16.3 Å². The van der Waals surface area contributed by atoms with Gasteiger partial charge >= 0.3 is 5.97 Å². The van der Waals surface area contributed by atoms with Crippen LogP contribution in [-0.4, -0.2) is 25.4 Å². The zero-order valence-electron chi connectivity index (χ0n) is 14.0. The highest BCUT2D eigenvalue weighted by molar-refractivity contribution is 6.32. The van der Waals surface area contributed by atoms with E-state index in [-0.39, 0.29) is 12.1 Å². The lowest BCUT2D eigenvalue weighted by molar-refractivity contribution is 0.0601. The van der Waals surface area contributed by atoms with Crippen LogP contribution in [0.5, 0.6) is 5.75 Å². The van der Waals surface area contributed by atoms with Gasteiger partial charge in [0.25, 0.3) is 0 Å². The average molecular weight is 346 g/mol. The van der Waals surface area contributed by atoms with Crippen LogP contribution in [0.25, 0.3) is 0 Å². The van der Waals surface area contributed by atoms with E-state index in [2.05, 4.69) is 16.7 Å². The van der Waals surface area contributed by atoms with Crippen molar-refractivity contribution in [2.45, 2.75) is 26.4 Å². The minimum Gasteiger partial charge on any atom is -0.489 e. The molecule has 0 aliphatic rings. The van der Waals surface area contributed by atoms with Gasteiger partial charge in [-0.3, -0.25) is 4.99 Å². The van der Waals surface area contributed by atoms with Crippen LogP contribution in [0.1, 0.15) is 36.2 Å². The molecule has 0 saturated heterocycles. The quantitative estimate of drug-likeness (QED) is 0.543. The molecule has 24 heavy (non-hydrogen) atoms. The van der Waals surface area contributed by atoms with E-state index in [1.807, 2.05) is 25.1 Å². The highest BCUT2D eigenvalue weighted by Gasteiger charge is 2.06. The van der Waals surface area contributed by atoms with Gasteiger partial charge in [0.1, 0.15) is 5.75 Å². The number of aliphatic imine (C=N–C) groups is 1. The number of carbonyl (C=O) groups excluding carboxylic acids is 1. The number of carbonyl (C=O) groups is 1. The molecule has 1 atom stereocenters. The molecule has 0 aliphatic carbocycles. The summed E-state index contributed by atoms with van der Waals surface area (Å²) in [5.41, 5.74) is 2.10. The van der Waals surface area contributed by atoms with Crippen LogP contribution in [0, 0.1) is 0 Å². The Labute approximate surface area is 147 Å². The van der Waals surface area contributed by atoms with Crippen LogP contribution < -0.4 is 4.74 Å². The van der Waals surface area contributed by atoms with Crippen molar-refractivity contribution in [3.8, 4) is 5.75 Å². The predicted octanol–water partition coefficient (Wildman–Crippen LogP) is 5.05. The van der Waals surface area contributed by atoms with Gasteiger partial charge in [-0.15, -0.1) is 0 Å². The first kappa shape index (κ1) is 18.0. The molecular weight excluding hydrogens is 326 g/mol. The Balaban J connectivity index is 2.09. The molecule has 126 valence electrons. The third kappa shape index (κ3) is 4.83. The van der Waals surface area contributed by atoms with Gasteiger partial charge < -0.3 is 9.47 Å². The number of halogens is 1. The van der Waals surface area contributed by atoms with Gasteiger partial charge in [0.15, 0.2) is 0 Å². The van der Waals surface area contributed by atoms with Crippen molar-refractivity contribution < 1.29 is 14.3 Å². The van der Waals surface area contributed by atoms with Crippen LogP contribution in [0.3, 0.4) is 0 Å². The van der Waals surface area contributed by atoms with Crippen LogP contribution >= 0.6 is 11.6 Å². The second-order valence-electron chi connectivity index (χ2n) is 5.32. The SMILES string of the molecule is CC[C@H](C)Oc1ccc(C=Nc2ccc(C(=O)OC)cc2)cc1Cl. The Morgan fingerprint density at radius 3 is 2.54 bits per heavy atom. The molecule has 0 amide bonds. The molecule has 0 aromatic heterocycles. The van der Waals surface area contributed by atoms with Gasteiger partial charge in [-0.05, 0) is 61.4 Å². The summed E-state index contributed by atoms with van der Waals surface area (Å²) in [4.78, 5) is 15.8. The zero-order chi connectivity index (χ0) is 17.5. The number of rotatable bonds is 6. The predicted molar refractivity (Wildman–Crippen MR) is 96.9 cm³/mol. The third-order valence-electron chi connectivity index (χ3n) is 3.51. The van der Waals surface area contributed by atoms with Crippen molar-refractivity contribution in [3.63, 3.8) is 0 Å². The molecule has 4 nitrogen and oxygen atoms in total. The first-order valence-corrected chi connectivity index (χ1v) is 8.10. The molecule has 0 radical (unpaired) electrons. The van der Waals surface area contributed by atoms with E-state index in [4.69, 9.17) is 16.3 Å². The topological polar surface area (TPSA) is 47.9 Å². The van der Waals surface area contributed by atoms with Crippen LogP contribution in [0.15, 0.2) is 47.5 Å². The fourth-order valence-electron chi connectivity index (χ4n) is 1.94. The number of benzene rings is 2. The molecule has 0 saturated carbocycles. The largest absolute Gasteiger partial charge is 0.489 e. The van der Waals surface area contributed by atoms with Gasteiger partial charge in [0, 0.05) is 6.21 Å². The number of ether oxygens (including phenoxy) is 2. The van der Waals surface area contributed by atoms with Crippen LogP contribution in [0.2, 0.25) is 5.02 Å². The van der Waals surface area contributed by atoms with E-state index in [1.54, 1.807) is 30.5 Å². The van der Waals surface area contributed by atoms with Crippen molar-refractivity contribution in [1.29, 1.82) is 0 Å². The first-order chi connectivity index (χ1) is 11.5. The van der Waals surface area contributed by atoms with Crippen molar-refractivity contribution >= 4 is 29.5 Å². The lowest BCUT2D eigenvalue weighted by Crippen LogP contribution is -2.09. The summed E-state index contributed by atoms with van der Waals surface area (Å²) < 4.78 is 10.4. The molecule has 2 aromatic rings. The molecule has 0 N–H and O–H groups in total. The summed E-state index contributed by atoms with van der Waals surface area (Å²) in [6.07, 6.45) is 2.75. The molecule has 0 bridgehead atoms. The van der Waals surface area contributed by atoms with E-state index in [1.165, 1.54) is 7.11 Å². The number of hydrogen-bond acceptors (Lipinski definition) is 4. The standard InChI is InChI=1S/C19H20ClNO3/c1-4-13(2)24-18-10-5-14(11-17(18)20)12-21-16-8-6-15(7-9-16)19(22)23-3/h5-13H,4H2,1-3H3/t13-/m0/s1. The molecule has 0 heterocycles. The Hall–Kier alpha value is -2.33. The molecule has 0 spiro atoms. The lowest BCUT2D eigenvalue weighted by atomic mass is 10.2. The summed E-state index contributed by atoms with van der Waals surface area (Å²) in [6.45, 7) is 4.06. The normalized spacial score (nSPS) is 12.2. The van der Waals surface area contributed by atoms with Crippen molar-refractivity contribution in [2.24, 2.45) is 4.99 Å². The van der Waals surface area contributed by atoms with Gasteiger partial charge in [-0.1, -0.05) is 18.5 Å². The summed E-state index contributed by atoms with van der Waals surface area (Å²) in [5.74, 6) is 0.305. The van der Waals surface area contributed by atoms with Gasteiger partial charge in [-0.2, -0.15) is 0 Å². The molecule has 0 aliphatic heterocycles. The Kier molecular flexibility index (Phi) is 6.38. The molecule has 5 heteroatoms. The highest BCUT2D eigenvalue weighted by Crippen LogP contribution is 2.26. The van der Waals surface area contributed by atoms with Gasteiger partial charge in [0.05, 0.1) is 29.5 Å². The van der Waals surface area contributed by atoms with E-state index in [9.17, 15) is 4.79 Å². The van der Waals surface area contributed by atoms with Crippen LogP contribution in [0.4, 0.5) is 5.69 Å². The van der Waals surface area contributed by atoms with E-state index >= 15 is 0 Å². The van der Waals surface area contributed by atoms with Crippen molar-refractivity contribution in [3.05, 3.63) is 58.6 Å². The molecule has 2 rings (SSSR count). The van der Waals surface area contributed by atoms with Crippen molar-refractivity contribution in [1.82, 2.24) is 0 Å². The molecule has 2 aromatic carbocycles. The minimum absolute atomic E-state index is 0.121. The second-order valence-corrected chi connectivity index (χ2v) is 5.73. The summed E-state index contributed by atoms with van der Waals surface area (Å²) >= 11 is 6.25. The monoisotopic (exact) mass is 345 g/mol. The minimum atomic E-state index is -0.366. The first-order valence-electron chi connectivity index (χ1n) is 7.72. The highest BCUT2D eigenvalue weighted by atomic mass is 35.5. The second kappa shape index (κ2) is 8.50. The molecule has 0 unspecified atom stereocenters. The summed E-state index contributed by atoms with van der Waals surface area (Å²) in [6, 6.07) is 12.4. The van der Waals surface area contributed by atoms with Crippen LogP contribution in [-0.2, 0) is 4.74 Å². The number of methoxy groups -OCH3 is 1. The summed E-state index contributed by atoms with van der Waals surface area (Å²) in [7, 11) is 1.35. The fourth-order valence-corrected chi connectivity index (χ4v) is 2.18. The Morgan fingerprint density at radius 2 is 1.96 bits per heavy atom.